The SMILES string of the molecule is CC1CCC(NC(=O)c2sc3ccccc3c2N)C(C)C1. The lowest BCUT2D eigenvalue weighted by molar-refractivity contribution is 0.0904. The number of rotatable bonds is 2. The fourth-order valence-corrected chi connectivity index (χ4v) is 4.37. The number of hydrogen-bond donors (Lipinski definition) is 2. The molecule has 1 aliphatic rings. The molecule has 1 aromatic carbocycles. The summed E-state index contributed by atoms with van der Waals surface area (Å²) in [5.41, 5.74) is 6.77. The van der Waals surface area contributed by atoms with E-state index in [-0.39, 0.29) is 11.9 Å². The Morgan fingerprint density at radius 3 is 2.76 bits per heavy atom. The van der Waals surface area contributed by atoms with E-state index in [4.69, 9.17) is 5.73 Å². The van der Waals surface area contributed by atoms with Crippen molar-refractivity contribution < 1.29 is 4.79 Å². The minimum Gasteiger partial charge on any atom is -0.397 e. The van der Waals surface area contributed by atoms with Crippen LogP contribution in [0.1, 0.15) is 42.8 Å². The number of carbonyl (C=O) groups excluding carboxylic acids is 1. The Hall–Kier alpha value is -1.55. The maximum Gasteiger partial charge on any atom is 0.263 e. The zero-order chi connectivity index (χ0) is 15.0. The molecule has 0 radical (unpaired) electrons. The Kier molecular flexibility index (Phi) is 3.89. The predicted molar refractivity (Wildman–Crippen MR) is 89.7 cm³/mol. The zero-order valence-corrected chi connectivity index (χ0v) is 13.4. The lowest BCUT2D eigenvalue weighted by atomic mass is 9.80. The van der Waals surface area contributed by atoms with E-state index in [1.165, 1.54) is 24.2 Å². The van der Waals surface area contributed by atoms with Crippen LogP contribution >= 0.6 is 11.3 Å². The van der Waals surface area contributed by atoms with E-state index < -0.39 is 0 Å². The first-order valence-corrected chi connectivity index (χ1v) is 8.45. The van der Waals surface area contributed by atoms with Gasteiger partial charge in [-0.05, 0) is 37.2 Å². The van der Waals surface area contributed by atoms with Gasteiger partial charge >= 0.3 is 0 Å². The molecule has 0 spiro atoms. The topological polar surface area (TPSA) is 55.1 Å². The monoisotopic (exact) mass is 302 g/mol. The van der Waals surface area contributed by atoms with Crippen LogP contribution in [-0.2, 0) is 0 Å². The van der Waals surface area contributed by atoms with Gasteiger partial charge in [0.25, 0.3) is 5.91 Å². The summed E-state index contributed by atoms with van der Waals surface area (Å²) in [6.07, 6.45) is 3.45. The summed E-state index contributed by atoms with van der Waals surface area (Å²) < 4.78 is 1.07. The van der Waals surface area contributed by atoms with Crippen molar-refractivity contribution in [2.24, 2.45) is 11.8 Å². The van der Waals surface area contributed by atoms with Crippen LogP contribution in [0.3, 0.4) is 0 Å². The molecule has 1 amide bonds. The summed E-state index contributed by atoms with van der Waals surface area (Å²) in [6, 6.07) is 8.20. The van der Waals surface area contributed by atoms with Gasteiger partial charge in [0.15, 0.2) is 0 Å². The summed E-state index contributed by atoms with van der Waals surface area (Å²) in [5, 5.41) is 4.18. The van der Waals surface area contributed by atoms with Crippen LogP contribution in [0.2, 0.25) is 0 Å². The fraction of sp³-hybridized carbons (Fsp3) is 0.471. The number of nitrogens with two attached hydrogens (primary N) is 1. The second-order valence-electron chi connectivity index (χ2n) is 6.32. The van der Waals surface area contributed by atoms with Gasteiger partial charge in [0.1, 0.15) is 4.88 Å². The van der Waals surface area contributed by atoms with Crippen LogP contribution in [-0.4, -0.2) is 11.9 Å². The maximum absolute atomic E-state index is 12.5. The minimum absolute atomic E-state index is 0.0138. The Morgan fingerprint density at radius 1 is 1.29 bits per heavy atom. The standard InChI is InChI=1S/C17H22N2OS/c1-10-7-8-13(11(2)9-10)19-17(20)16-15(18)12-5-3-4-6-14(12)21-16/h3-6,10-11,13H,7-9,18H2,1-2H3,(H,19,20). The van der Waals surface area contributed by atoms with Crippen molar-refractivity contribution in [3.63, 3.8) is 0 Å². The van der Waals surface area contributed by atoms with Gasteiger partial charge in [-0.15, -0.1) is 11.3 Å². The number of fused-ring (bicyclic) bond motifs is 1. The molecule has 1 aromatic heterocycles. The molecule has 1 saturated carbocycles. The third-order valence-electron chi connectivity index (χ3n) is 4.59. The van der Waals surface area contributed by atoms with E-state index in [0.29, 0.717) is 16.5 Å². The van der Waals surface area contributed by atoms with E-state index >= 15 is 0 Å². The summed E-state index contributed by atoms with van der Waals surface area (Å²) in [7, 11) is 0. The van der Waals surface area contributed by atoms with Crippen LogP contribution in [0.5, 0.6) is 0 Å². The summed E-state index contributed by atoms with van der Waals surface area (Å²) in [4.78, 5) is 13.2. The molecule has 0 aliphatic heterocycles. The molecule has 2 aromatic rings. The maximum atomic E-state index is 12.5. The van der Waals surface area contributed by atoms with Crippen molar-refractivity contribution in [2.75, 3.05) is 5.73 Å². The highest BCUT2D eigenvalue weighted by atomic mass is 32.1. The molecule has 0 bridgehead atoms. The van der Waals surface area contributed by atoms with Gasteiger partial charge in [0.2, 0.25) is 0 Å². The summed E-state index contributed by atoms with van der Waals surface area (Å²) in [5.74, 6) is 1.29. The number of nitrogens with one attached hydrogen (secondary N) is 1. The molecule has 1 aliphatic carbocycles. The van der Waals surface area contributed by atoms with Gasteiger partial charge < -0.3 is 11.1 Å². The third kappa shape index (κ3) is 2.77. The highest BCUT2D eigenvalue weighted by molar-refractivity contribution is 7.21. The molecule has 1 fully saturated rings. The largest absolute Gasteiger partial charge is 0.397 e. The van der Waals surface area contributed by atoms with Gasteiger partial charge in [0.05, 0.1) is 5.69 Å². The molecule has 3 atom stereocenters. The van der Waals surface area contributed by atoms with Crippen LogP contribution < -0.4 is 11.1 Å². The number of nitrogen functional groups attached to an aromatic ring is 1. The lowest BCUT2D eigenvalue weighted by Gasteiger charge is -2.33. The second kappa shape index (κ2) is 5.68. The van der Waals surface area contributed by atoms with Crippen LogP contribution in [0.25, 0.3) is 10.1 Å². The van der Waals surface area contributed by atoms with Crippen molar-refractivity contribution in [3.05, 3.63) is 29.1 Å². The normalized spacial score (nSPS) is 25.9. The molecule has 0 saturated heterocycles. The molecule has 112 valence electrons. The molecule has 4 heteroatoms. The fourth-order valence-electron chi connectivity index (χ4n) is 3.35. The van der Waals surface area contributed by atoms with Crippen LogP contribution in [0.15, 0.2) is 24.3 Å². The van der Waals surface area contributed by atoms with Crippen molar-refractivity contribution in [1.29, 1.82) is 0 Å². The molecule has 3 rings (SSSR count). The van der Waals surface area contributed by atoms with Crippen molar-refractivity contribution in [2.45, 2.75) is 39.2 Å². The number of anilines is 1. The van der Waals surface area contributed by atoms with Crippen molar-refractivity contribution in [1.82, 2.24) is 5.32 Å². The molecule has 3 nitrogen and oxygen atoms in total. The molecular weight excluding hydrogens is 280 g/mol. The first-order chi connectivity index (χ1) is 10.1. The molecular formula is C17H22N2OS. The Labute approximate surface area is 129 Å². The quantitative estimate of drug-likeness (QED) is 0.879. The zero-order valence-electron chi connectivity index (χ0n) is 12.6. The number of thiophene rings is 1. The van der Waals surface area contributed by atoms with Crippen LogP contribution in [0, 0.1) is 11.8 Å². The predicted octanol–water partition coefficient (Wildman–Crippen LogP) is 4.04. The highest BCUT2D eigenvalue weighted by Crippen LogP contribution is 2.34. The van der Waals surface area contributed by atoms with Gasteiger partial charge in [-0.2, -0.15) is 0 Å². The Morgan fingerprint density at radius 2 is 2.05 bits per heavy atom. The molecule has 21 heavy (non-hydrogen) atoms. The number of benzene rings is 1. The van der Waals surface area contributed by atoms with Gasteiger partial charge in [-0.3, -0.25) is 4.79 Å². The molecule has 3 unspecified atom stereocenters. The van der Waals surface area contributed by atoms with E-state index in [1.807, 2.05) is 24.3 Å². The molecule has 1 heterocycles. The third-order valence-corrected chi connectivity index (χ3v) is 5.77. The number of hydrogen-bond acceptors (Lipinski definition) is 3. The Balaban J connectivity index is 1.79. The average molecular weight is 302 g/mol. The first-order valence-electron chi connectivity index (χ1n) is 7.64. The van der Waals surface area contributed by atoms with Crippen molar-refractivity contribution in [3.8, 4) is 0 Å². The average Bonchev–Trinajstić information content (AvgIpc) is 2.80. The highest BCUT2D eigenvalue weighted by Gasteiger charge is 2.28. The number of amides is 1. The van der Waals surface area contributed by atoms with Crippen molar-refractivity contribution >= 4 is 33.0 Å². The molecule has 3 N–H and O–H groups in total. The lowest BCUT2D eigenvalue weighted by Crippen LogP contribution is -2.42. The van der Waals surface area contributed by atoms with Crippen LogP contribution in [0.4, 0.5) is 5.69 Å². The van der Waals surface area contributed by atoms with Gasteiger partial charge in [-0.1, -0.05) is 32.0 Å². The summed E-state index contributed by atoms with van der Waals surface area (Å²) >= 11 is 1.49. The smallest absolute Gasteiger partial charge is 0.263 e. The Bertz CT molecular complexity index is 664. The van der Waals surface area contributed by atoms with E-state index in [0.717, 1.165) is 22.4 Å². The van der Waals surface area contributed by atoms with Gasteiger partial charge in [0, 0.05) is 16.1 Å². The number of carbonyl (C=O) groups is 1. The first kappa shape index (κ1) is 14.4. The minimum atomic E-state index is -0.0138. The van der Waals surface area contributed by atoms with E-state index in [9.17, 15) is 4.79 Å². The van der Waals surface area contributed by atoms with Gasteiger partial charge in [-0.25, -0.2) is 0 Å². The second-order valence-corrected chi connectivity index (χ2v) is 7.37. The van der Waals surface area contributed by atoms with E-state index in [1.54, 1.807) is 0 Å². The van der Waals surface area contributed by atoms with E-state index in [2.05, 4.69) is 19.2 Å². The summed E-state index contributed by atoms with van der Waals surface area (Å²) in [6.45, 7) is 4.52.